The number of nitrogens with one attached hydrogen (secondary N) is 2. The summed E-state index contributed by atoms with van der Waals surface area (Å²) >= 11 is 0. The topological polar surface area (TPSA) is 67.4 Å². The molecule has 2 bridgehead atoms. The molecule has 2 N–H and O–H groups in total. The van der Waals surface area contributed by atoms with Gasteiger partial charge in [0.15, 0.2) is 6.61 Å². The van der Waals surface area contributed by atoms with Gasteiger partial charge in [0.25, 0.3) is 5.91 Å². The molecule has 2 aliphatic rings. The molecule has 0 heterocycles. The number of benzene rings is 1. The van der Waals surface area contributed by atoms with Crippen LogP contribution in [0.4, 0.5) is 5.69 Å². The Hall–Kier alpha value is -2.04. The van der Waals surface area contributed by atoms with Crippen LogP contribution >= 0.6 is 0 Å². The van der Waals surface area contributed by atoms with E-state index in [0.29, 0.717) is 17.4 Å². The van der Waals surface area contributed by atoms with Gasteiger partial charge in [0.2, 0.25) is 5.91 Å². The highest BCUT2D eigenvalue weighted by atomic mass is 16.5. The molecule has 25 heavy (non-hydrogen) atoms. The molecular formula is C20H28N2O3. The van der Waals surface area contributed by atoms with Gasteiger partial charge < -0.3 is 15.4 Å². The molecule has 2 amide bonds. The van der Waals surface area contributed by atoms with Gasteiger partial charge >= 0.3 is 0 Å². The van der Waals surface area contributed by atoms with Crippen LogP contribution in [0.5, 0.6) is 5.75 Å². The highest BCUT2D eigenvalue weighted by Crippen LogP contribution is 2.65. The minimum atomic E-state index is -0.169. The summed E-state index contributed by atoms with van der Waals surface area (Å²) in [5.74, 6) is 0.918. The van der Waals surface area contributed by atoms with Crippen molar-refractivity contribution in [2.75, 3.05) is 11.9 Å². The van der Waals surface area contributed by atoms with E-state index >= 15 is 0 Å². The van der Waals surface area contributed by atoms with E-state index in [1.54, 1.807) is 12.1 Å². The zero-order valence-electron chi connectivity index (χ0n) is 15.5. The first-order chi connectivity index (χ1) is 11.7. The number of hydrogen-bond acceptors (Lipinski definition) is 3. The lowest BCUT2D eigenvalue weighted by Crippen LogP contribution is -2.48. The molecule has 2 aliphatic carbocycles. The van der Waals surface area contributed by atoms with Gasteiger partial charge in [-0.3, -0.25) is 9.59 Å². The highest BCUT2D eigenvalue weighted by Gasteiger charge is 2.61. The van der Waals surface area contributed by atoms with Crippen LogP contribution in [0, 0.1) is 16.7 Å². The van der Waals surface area contributed by atoms with Crippen LogP contribution in [0.25, 0.3) is 0 Å². The second-order valence-electron chi connectivity index (χ2n) is 8.20. The number of ether oxygens (including phenoxy) is 1. The highest BCUT2D eigenvalue weighted by molar-refractivity contribution is 5.90. The monoisotopic (exact) mass is 344 g/mol. The predicted molar refractivity (Wildman–Crippen MR) is 97.4 cm³/mol. The number of hydrogen-bond donors (Lipinski definition) is 2. The summed E-state index contributed by atoms with van der Waals surface area (Å²) in [6.45, 7) is 8.36. The summed E-state index contributed by atoms with van der Waals surface area (Å²) in [4.78, 5) is 23.7. The fourth-order valence-corrected chi connectivity index (χ4v) is 4.69. The number of carbonyl (C=O) groups excluding carboxylic acids is 2. The number of carbonyl (C=O) groups is 2. The fourth-order valence-electron chi connectivity index (χ4n) is 4.69. The number of rotatable bonds is 5. The van der Waals surface area contributed by atoms with Gasteiger partial charge in [0.1, 0.15) is 5.75 Å². The molecule has 2 saturated carbocycles. The average molecular weight is 344 g/mol. The molecule has 5 heteroatoms. The van der Waals surface area contributed by atoms with E-state index < -0.39 is 0 Å². The summed E-state index contributed by atoms with van der Waals surface area (Å²) in [7, 11) is 0. The summed E-state index contributed by atoms with van der Waals surface area (Å²) in [5, 5.41) is 5.90. The Morgan fingerprint density at radius 1 is 1.24 bits per heavy atom. The lowest BCUT2D eigenvalue weighted by Gasteiger charge is -2.39. The summed E-state index contributed by atoms with van der Waals surface area (Å²) < 4.78 is 5.65. The maximum atomic E-state index is 12.4. The molecular weight excluding hydrogens is 316 g/mol. The van der Waals surface area contributed by atoms with Crippen LogP contribution in [0.3, 0.4) is 0 Å². The van der Waals surface area contributed by atoms with Crippen molar-refractivity contribution in [3.8, 4) is 5.75 Å². The minimum absolute atomic E-state index is 0.0473. The second-order valence-corrected chi connectivity index (χ2v) is 8.20. The van der Waals surface area contributed by atoms with Gasteiger partial charge in [0, 0.05) is 13.0 Å². The lowest BCUT2D eigenvalue weighted by molar-refractivity contribution is -0.124. The zero-order valence-corrected chi connectivity index (χ0v) is 15.5. The second kappa shape index (κ2) is 6.36. The molecule has 0 saturated heterocycles. The number of anilines is 1. The molecule has 2 fully saturated rings. The van der Waals surface area contributed by atoms with E-state index in [1.807, 2.05) is 12.1 Å². The molecule has 3 atom stereocenters. The van der Waals surface area contributed by atoms with Crippen molar-refractivity contribution in [2.24, 2.45) is 16.7 Å². The third-order valence-electron chi connectivity index (χ3n) is 6.69. The van der Waals surface area contributed by atoms with E-state index in [4.69, 9.17) is 4.74 Å². The SMILES string of the molecule is CC(=O)Nc1ccccc1OCC(=O)N[C@H]1C[C@H]2CC[C@@]1(C)C2(C)C. The van der Waals surface area contributed by atoms with Crippen LogP contribution in [0.1, 0.15) is 47.0 Å². The Bertz CT molecular complexity index is 685. The van der Waals surface area contributed by atoms with Crippen molar-refractivity contribution >= 4 is 17.5 Å². The summed E-state index contributed by atoms with van der Waals surface area (Å²) in [5.41, 5.74) is 1.00. The van der Waals surface area contributed by atoms with Crippen molar-refractivity contribution in [2.45, 2.75) is 53.0 Å². The number of fused-ring (bicyclic) bond motifs is 2. The van der Waals surface area contributed by atoms with E-state index in [9.17, 15) is 9.59 Å². The third kappa shape index (κ3) is 3.12. The molecule has 0 aliphatic heterocycles. The van der Waals surface area contributed by atoms with Gasteiger partial charge in [-0.1, -0.05) is 32.9 Å². The first kappa shape index (κ1) is 17.8. The smallest absolute Gasteiger partial charge is 0.258 e. The molecule has 0 spiro atoms. The van der Waals surface area contributed by atoms with Crippen LogP contribution in [-0.2, 0) is 9.59 Å². The first-order valence-corrected chi connectivity index (χ1v) is 9.03. The van der Waals surface area contributed by atoms with Gasteiger partial charge in [-0.05, 0) is 48.1 Å². The van der Waals surface area contributed by atoms with E-state index in [1.165, 1.54) is 19.8 Å². The molecule has 136 valence electrons. The van der Waals surface area contributed by atoms with Gasteiger partial charge in [-0.15, -0.1) is 0 Å². The fraction of sp³-hybridized carbons (Fsp3) is 0.600. The Morgan fingerprint density at radius 2 is 1.96 bits per heavy atom. The molecule has 0 radical (unpaired) electrons. The molecule has 1 aromatic rings. The largest absolute Gasteiger partial charge is 0.482 e. The number of para-hydroxylation sites is 2. The van der Waals surface area contributed by atoms with Crippen molar-refractivity contribution in [3.05, 3.63) is 24.3 Å². The molecule has 5 nitrogen and oxygen atoms in total. The van der Waals surface area contributed by atoms with Crippen molar-refractivity contribution in [3.63, 3.8) is 0 Å². The van der Waals surface area contributed by atoms with E-state index in [-0.39, 0.29) is 35.3 Å². The normalized spacial score (nSPS) is 29.3. The van der Waals surface area contributed by atoms with Crippen molar-refractivity contribution in [1.82, 2.24) is 5.32 Å². The summed E-state index contributed by atoms with van der Waals surface area (Å²) in [6.07, 6.45) is 3.48. The van der Waals surface area contributed by atoms with E-state index in [0.717, 1.165) is 6.42 Å². The molecule has 3 rings (SSSR count). The lowest BCUT2D eigenvalue weighted by atomic mass is 9.69. The van der Waals surface area contributed by atoms with Gasteiger partial charge in [-0.25, -0.2) is 0 Å². The quantitative estimate of drug-likeness (QED) is 0.861. The molecule has 0 unspecified atom stereocenters. The Morgan fingerprint density at radius 3 is 2.56 bits per heavy atom. The van der Waals surface area contributed by atoms with Gasteiger partial charge in [0.05, 0.1) is 5.69 Å². The molecule has 0 aromatic heterocycles. The van der Waals surface area contributed by atoms with Crippen LogP contribution in [0.15, 0.2) is 24.3 Å². The third-order valence-corrected chi connectivity index (χ3v) is 6.69. The molecule has 1 aromatic carbocycles. The maximum absolute atomic E-state index is 12.4. The Balaban J connectivity index is 1.59. The zero-order chi connectivity index (χ0) is 18.2. The Kier molecular flexibility index (Phi) is 4.52. The van der Waals surface area contributed by atoms with E-state index in [2.05, 4.69) is 31.4 Å². The van der Waals surface area contributed by atoms with Crippen LogP contribution in [0.2, 0.25) is 0 Å². The van der Waals surface area contributed by atoms with Gasteiger partial charge in [-0.2, -0.15) is 0 Å². The van der Waals surface area contributed by atoms with Crippen LogP contribution in [-0.4, -0.2) is 24.5 Å². The predicted octanol–water partition coefficient (Wildman–Crippen LogP) is 3.35. The standard InChI is InChI=1S/C20H28N2O3/c1-13(23)21-15-7-5-6-8-16(15)25-12-18(24)22-17-11-14-9-10-20(17,4)19(14,2)3/h5-8,14,17H,9-12H2,1-4H3,(H,21,23)(H,22,24)/t14-,17+,20-/m1/s1. The average Bonchev–Trinajstić information content (AvgIpc) is 2.87. The first-order valence-electron chi connectivity index (χ1n) is 9.03. The van der Waals surface area contributed by atoms with Crippen molar-refractivity contribution < 1.29 is 14.3 Å². The Labute approximate surface area is 149 Å². The maximum Gasteiger partial charge on any atom is 0.258 e. The number of amides is 2. The minimum Gasteiger partial charge on any atom is -0.482 e. The van der Waals surface area contributed by atoms with Crippen molar-refractivity contribution in [1.29, 1.82) is 0 Å². The summed E-state index contributed by atoms with van der Waals surface area (Å²) in [6, 6.07) is 7.35. The van der Waals surface area contributed by atoms with Crippen LogP contribution < -0.4 is 15.4 Å².